The normalized spacial score (nSPS) is 18.7. The first-order chi connectivity index (χ1) is 11.7. The summed E-state index contributed by atoms with van der Waals surface area (Å²) in [4.78, 5) is 15.4. The molecule has 1 atom stereocenters. The molecule has 1 heterocycles. The Hall–Kier alpha value is -1.87. The van der Waals surface area contributed by atoms with Gasteiger partial charge in [0, 0.05) is 19.5 Å². The van der Waals surface area contributed by atoms with Crippen LogP contribution in [0.3, 0.4) is 0 Å². The second-order valence-electron chi connectivity index (χ2n) is 6.81. The third-order valence-corrected chi connectivity index (χ3v) is 4.87. The number of hydrogen-bond donors (Lipinski definition) is 0. The summed E-state index contributed by atoms with van der Waals surface area (Å²) in [6.45, 7) is 7.90. The van der Waals surface area contributed by atoms with E-state index in [2.05, 4.69) is 11.8 Å². The largest absolute Gasteiger partial charge is 0.493 e. The van der Waals surface area contributed by atoms with Gasteiger partial charge in [-0.1, -0.05) is 37.3 Å². The first-order valence-corrected chi connectivity index (χ1v) is 9.09. The summed E-state index contributed by atoms with van der Waals surface area (Å²) in [6, 6.07) is 12.0. The van der Waals surface area contributed by atoms with Crippen LogP contribution in [0.2, 0.25) is 0 Å². The van der Waals surface area contributed by atoms with Crippen LogP contribution in [0.1, 0.15) is 43.5 Å². The summed E-state index contributed by atoms with van der Waals surface area (Å²) in [5, 5.41) is 2.09. The van der Waals surface area contributed by atoms with Gasteiger partial charge < -0.3 is 9.64 Å². The zero-order valence-corrected chi connectivity index (χ0v) is 14.8. The van der Waals surface area contributed by atoms with Crippen LogP contribution in [0.25, 0.3) is 10.8 Å². The van der Waals surface area contributed by atoms with Crippen LogP contribution in [0.4, 0.5) is 0 Å². The molecule has 0 spiro atoms. The molecule has 128 valence electrons. The van der Waals surface area contributed by atoms with Crippen LogP contribution < -0.4 is 4.74 Å². The second-order valence-corrected chi connectivity index (χ2v) is 6.81. The van der Waals surface area contributed by atoms with E-state index in [1.807, 2.05) is 43.3 Å². The van der Waals surface area contributed by atoms with E-state index in [0.717, 1.165) is 41.9 Å². The number of Topliss-reactive ketones (excluding diaryl/α,β-unsaturated/α-hetero) is 1. The molecule has 24 heavy (non-hydrogen) atoms. The minimum atomic E-state index is 0.188. The fourth-order valence-corrected chi connectivity index (χ4v) is 3.69. The van der Waals surface area contributed by atoms with Crippen molar-refractivity contribution in [2.24, 2.45) is 5.92 Å². The number of piperidine rings is 1. The zero-order valence-electron chi connectivity index (χ0n) is 14.8. The van der Waals surface area contributed by atoms with E-state index in [1.54, 1.807) is 0 Å². The maximum absolute atomic E-state index is 13.0. The molecule has 0 bridgehead atoms. The summed E-state index contributed by atoms with van der Waals surface area (Å²) in [5.41, 5.74) is 0.750. The van der Waals surface area contributed by atoms with Crippen LogP contribution in [-0.4, -0.2) is 36.9 Å². The van der Waals surface area contributed by atoms with Gasteiger partial charge in [-0.25, -0.2) is 0 Å². The van der Waals surface area contributed by atoms with Gasteiger partial charge in [0.05, 0.1) is 12.2 Å². The molecular weight excluding hydrogens is 298 g/mol. The monoisotopic (exact) mass is 325 g/mol. The molecule has 0 aromatic heterocycles. The highest BCUT2D eigenvalue weighted by molar-refractivity contribution is 6.10. The highest BCUT2D eigenvalue weighted by Gasteiger charge is 2.20. The Morgan fingerprint density at radius 1 is 1.25 bits per heavy atom. The first kappa shape index (κ1) is 17.0. The summed E-state index contributed by atoms with van der Waals surface area (Å²) < 4.78 is 5.74. The third kappa shape index (κ3) is 3.78. The van der Waals surface area contributed by atoms with Gasteiger partial charge >= 0.3 is 0 Å². The molecule has 0 N–H and O–H groups in total. The lowest BCUT2D eigenvalue weighted by atomic mass is 9.97. The average Bonchev–Trinajstić information content (AvgIpc) is 2.60. The summed E-state index contributed by atoms with van der Waals surface area (Å²) in [5.74, 6) is 1.65. The maximum Gasteiger partial charge on any atom is 0.168 e. The topological polar surface area (TPSA) is 29.5 Å². The van der Waals surface area contributed by atoms with Crippen molar-refractivity contribution in [3.8, 4) is 5.75 Å². The molecule has 3 heteroatoms. The maximum atomic E-state index is 13.0. The zero-order chi connectivity index (χ0) is 16.9. The fourth-order valence-electron chi connectivity index (χ4n) is 3.69. The molecule has 3 rings (SSSR count). The van der Waals surface area contributed by atoms with Crippen LogP contribution in [-0.2, 0) is 0 Å². The standard InChI is InChI=1S/C21H27NO2/c1-3-24-20-11-10-17-8-4-5-9-18(17)21(20)19(23)12-14-22-13-6-7-16(2)15-22/h4-5,8-11,16H,3,6-7,12-15H2,1-2H3. The predicted molar refractivity (Wildman–Crippen MR) is 98.9 cm³/mol. The van der Waals surface area contributed by atoms with Crippen molar-refractivity contribution in [2.45, 2.75) is 33.1 Å². The first-order valence-electron chi connectivity index (χ1n) is 9.09. The van der Waals surface area contributed by atoms with Gasteiger partial charge in [0.15, 0.2) is 5.78 Å². The van der Waals surface area contributed by atoms with E-state index in [4.69, 9.17) is 4.74 Å². The third-order valence-electron chi connectivity index (χ3n) is 4.87. The molecule has 2 aromatic rings. The number of nitrogens with zero attached hydrogens (tertiary/aromatic N) is 1. The minimum absolute atomic E-state index is 0.188. The van der Waals surface area contributed by atoms with Gasteiger partial charge in [0.2, 0.25) is 0 Å². The lowest BCUT2D eigenvalue weighted by molar-refractivity contribution is 0.0947. The van der Waals surface area contributed by atoms with Crippen molar-refractivity contribution >= 4 is 16.6 Å². The van der Waals surface area contributed by atoms with E-state index in [-0.39, 0.29) is 5.78 Å². The number of rotatable bonds is 6. The van der Waals surface area contributed by atoms with E-state index in [1.165, 1.54) is 12.8 Å². The Kier molecular flexibility index (Phi) is 5.52. The van der Waals surface area contributed by atoms with Gasteiger partial charge in [-0.15, -0.1) is 0 Å². The molecule has 1 saturated heterocycles. The van der Waals surface area contributed by atoms with Crippen molar-refractivity contribution in [2.75, 3.05) is 26.2 Å². The quantitative estimate of drug-likeness (QED) is 0.730. The average molecular weight is 325 g/mol. The van der Waals surface area contributed by atoms with Gasteiger partial charge in [-0.05, 0) is 49.1 Å². The molecule has 1 aliphatic rings. The van der Waals surface area contributed by atoms with E-state index in [9.17, 15) is 4.79 Å². The number of carbonyl (C=O) groups excluding carboxylic acids is 1. The van der Waals surface area contributed by atoms with Crippen molar-refractivity contribution in [1.29, 1.82) is 0 Å². The molecule has 1 unspecified atom stereocenters. The smallest absolute Gasteiger partial charge is 0.168 e. The molecule has 0 amide bonds. The van der Waals surface area contributed by atoms with Crippen molar-refractivity contribution < 1.29 is 9.53 Å². The van der Waals surface area contributed by atoms with Gasteiger partial charge in [0.25, 0.3) is 0 Å². The molecule has 0 radical (unpaired) electrons. The Morgan fingerprint density at radius 3 is 2.88 bits per heavy atom. The summed E-state index contributed by atoms with van der Waals surface area (Å²) in [7, 11) is 0. The number of fused-ring (bicyclic) bond motifs is 1. The van der Waals surface area contributed by atoms with Crippen molar-refractivity contribution in [3.63, 3.8) is 0 Å². The molecule has 0 aliphatic carbocycles. The van der Waals surface area contributed by atoms with E-state index >= 15 is 0 Å². The van der Waals surface area contributed by atoms with E-state index in [0.29, 0.717) is 18.8 Å². The molecule has 0 saturated carbocycles. The molecule has 3 nitrogen and oxygen atoms in total. The number of carbonyl (C=O) groups is 1. The number of ketones is 1. The molecule has 2 aromatic carbocycles. The molecule has 1 aliphatic heterocycles. The Morgan fingerprint density at radius 2 is 2.08 bits per heavy atom. The van der Waals surface area contributed by atoms with Gasteiger partial charge in [-0.3, -0.25) is 4.79 Å². The van der Waals surface area contributed by atoms with Crippen LogP contribution in [0.5, 0.6) is 5.75 Å². The van der Waals surface area contributed by atoms with Gasteiger partial charge in [0.1, 0.15) is 5.75 Å². The highest BCUT2D eigenvalue weighted by atomic mass is 16.5. The Labute approximate surface area is 144 Å². The fraction of sp³-hybridized carbons (Fsp3) is 0.476. The number of hydrogen-bond acceptors (Lipinski definition) is 3. The lowest BCUT2D eigenvalue weighted by Crippen LogP contribution is -2.35. The van der Waals surface area contributed by atoms with Gasteiger partial charge in [-0.2, -0.15) is 0 Å². The van der Waals surface area contributed by atoms with Crippen LogP contribution >= 0.6 is 0 Å². The predicted octanol–water partition coefficient (Wildman–Crippen LogP) is 4.54. The second kappa shape index (κ2) is 7.80. The number of likely N-dealkylation sites (tertiary alicyclic amines) is 1. The summed E-state index contributed by atoms with van der Waals surface area (Å²) in [6.07, 6.45) is 3.11. The Bertz CT molecular complexity index is 710. The van der Waals surface area contributed by atoms with Crippen molar-refractivity contribution in [1.82, 2.24) is 4.90 Å². The van der Waals surface area contributed by atoms with Crippen molar-refractivity contribution in [3.05, 3.63) is 42.0 Å². The molecule has 1 fully saturated rings. The van der Waals surface area contributed by atoms with Crippen LogP contribution in [0, 0.1) is 5.92 Å². The minimum Gasteiger partial charge on any atom is -0.493 e. The Balaban J connectivity index is 1.81. The van der Waals surface area contributed by atoms with Crippen LogP contribution in [0.15, 0.2) is 36.4 Å². The SMILES string of the molecule is CCOc1ccc2ccccc2c1C(=O)CCN1CCCC(C)C1. The number of benzene rings is 2. The lowest BCUT2D eigenvalue weighted by Gasteiger charge is -2.30. The number of ether oxygens (including phenoxy) is 1. The molecular formula is C21H27NO2. The summed E-state index contributed by atoms with van der Waals surface area (Å²) >= 11 is 0. The highest BCUT2D eigenvalue weighted by Crippen LogP contribution is 2.29. The van der Waals surface area contributed by atoms with E-state index < -0.39 is 0 Å².